The van der Waals surface area contributed by atoms with E-state index in [1.54, 1.807) is 7.11 Å². The lowest BCUT2D eigenvalue weighted by atomic mass is 9.47. The highest BCUT2D eigenvalue weighted by Gasteiger charge is 2.80. The van der Waals surface area contributed by atoms with Gasteiger partial charge in [0, 0.05) is 102 Å². The summed E-state index contributed by atoms with van der Waals surface area (Å²) in [5, 5.41) is 16.9. The number of methoxy groups -OCH3 is 3. The van der Waals surface area contributed by atoms with Crippen LogP contribution in [0, 0.1) is 11.3 Å². The Morgan fingerprint density at radius 1 is 0.884 bits per heavy atom. The smallest absolute Gasteiger partial charge is 0.344 e. The first-order valence-corrected chi connectivity index (χ1v) is 25.5. The van der Waals surface area contributed by atoms with Crippen LogP contribution in [0.5, 0.6) is 5.75 Å². The van der Waals surface area contributed by atoms with Gasteiger partial charge in [-0.05, 0) is 121 Å². The first kappa shape index (κ1) is 48.2. The topological polar surface area (TPSA) is 146 Å². The number of carbonyl (C=O) groups is 3. The lowest BCUT2D eigenvalue weighted by molar-refractivity contribution is -0.347. The van der Waals surface area contributed by atoms with E-state index in [2.05, 4.69) is 90.9 Å². The second-order valence-electron chi connectivity index (χ2n) is 23.0. The molecule has 0 radical (unpaired) electrons. The number of aliphatic hydroxyl groups is 1. The van der Waals surface area contributed by atoms with Crippen molar-refractivity contribution in [3.63, 3.8) is 0 Å². The number of hydrogen-bond donors (Lipinski definition) is 2. The van der Waals surface area contributed by atoms with Crippen LogP contribution in [0.3, 0.4) is 0 Å². The molecule has 7 aliphatic rings. The molecule has 0 amide bonds. The van der Waals surface area contributed by atoms with Crippen LogP contribution in [0.4, 0.5) is 5.69 Å². The highest BCUT2D eigenvalue weighted by Crippen LogP contribution is 2.68. The first-order valence-electron chi connectivity index (χ1n) is 25.5. The molecule has 3 aromatic rings. The maximum atomic E-state index is 15.8. The maximum Gasteiger partial charge on any atom is 0.344 e. The van der Waals surface area contributed by atoms with Gasteiger partial charge in [-0.25, -0.2) is 4.79 Å². The number of carbonyl (C=O) groups excluding carboxylic acids is 3. The van der Waals surface area contributed by atoms with Crippen molar-refractivity contribution in [3.05, 3.63) is 70.9 Å². The lowest BCUT2D eigenvalue weighted by Gasteiger charge is -2.63. The van der Waals surface area contributed by atoms with E-state index in [0.29, 0.717) is 50.1 Å². The van der Waals surface area contributed by atoms with Gasteiger partial charge in [0.1, 0.15) is 16.8 Å². The first-order chi connectivity index (χ1) is 32.8. The van der Waals surface area contributed by atoms with Gasteiger partial charge < -0.3 is 33.9 Å². The van der Waals surface area contributed by atoms with Gasteiger partial charge in [-0.2, -0.15) is 5.06 Å². The molecule has 69 heavy (non-hydrogen) atoms. The van der Waals surface area contributed by atoms with E-state index in [-0.39, 0.29) is 23.0 Å². The fraction of sp³-hybridized carbons (Fsp3) is 0.655. The van der Waals surface area contributed by atoms with Gasteiger partial charge in [-0.3, -0.25) is 24.2 Å². The summed E-state index contributed by atoms with van der Waals surface area (Å²) in [5.41, 5.74) is -1.34. The molecule has 3 saturated heterocycles. The molecule has 14 nitrogen and oxygen atoms in total. The van der Waals surface area contributed by atoms with E-state index in [0.717, 1.165) is 85.1 Å². The van der Waals surface area contributed by atoms with Crippen molar-refractivity contribution in [3.8, 4) is 5.75 Å². The van der Waals surface area contributed by atoms with Gasteiger partial charge >= 0.3 is 17.9 Å². The Kier molecular flexibility index (Phi) is 11.6. The monoisotopic (exact) mass is 950 g/mol. The van der Waals surface area contributed by atoms with Crippen LogP contribution in [0.1, 0.15) is 122 Å². The van der Waals surface area contributed by atoms with Gasteiger partial charge in [-0.15, -0.1) is 0 Å². The molecular weight excluding hydrogens is 875 g/mol. The second-order valence-corrected chi connectivity index (χ2v) is 23.0. The van der Waals surface area contributed by atoms with Crippen molar-refractivity contribution in [1.82, 2.24) is 19.8 Å². The normalized spacial score (nSPS) is 36.5. The van der Waals surface area contributed by atoms with Crippen molar-refractivity contribution in [2.45, 2.75) is 158 Å². The highest BCUT2D eigenvalue weighted by atomic mass is 16.7. The van der Waals surface area contributed by atoms with Gasteiger partial charge in [-0.1, -0.05) is 44.2 Å². The summed E-state index contributed by atoms with van der Waals surface area (Å²) in [5.74, 6) is -1.39. The molecule has 1 spiro atoms. The Morgan fingerprint density at radius 2 is 1.61 bits per heavy atom. The maximum absolute atomic E-state index is 15.8. The van der Waals surface area contributed by atoms with E-state index >= 15 is 4.79 Å². The summed E-state index contributed by atoms with van der Waals surface area (Å²) in [6.07, 6.45) is 9.77. The van der Waals surface area contributed by atoms with E-state index in [9.17, 15) is 14.7 Å². The van der Waals surface area contributed by atoms with Crippen LogP contribution in [0.15, 0.2) is 48.6 Å². The third-order valence-electron chi connectivity index (χ3n) is 18.5. The largest absolute Gasteiger partial charge is 0.496 e. The third kappa shape index (κ3) is 6.63. The lowest BCUT2D eigenvalue weighted by Crippen LogP contribution is -2.81. The standard InChI is InChI=1S/C55H75N5O9/c1-12-51(69-60-49(4,5)21-16-22-50(60,6)7)30-35-31-54(47(62)66-10,43-37(20-26-58(32-35)33-51)36-18-14-15-19-40(36)56-43)39-28-38-41(29-42(39)65-9)57(8)45-53(38)24-27-59-25-17-23-52(13-2,44(53)59)46(68-34(3)61)55(45,64)48(63)67-11/h14-15,17-19,23,28-29,35,44-46,56,64H,12-13,16,20-22,24-27,30-33H2,1-11H3/t35-,44-,45+,46+,51-,52+,53+,54-,55-/m0/s1. The number of hydrogen-bond acceptors (Lipinski definition) is 13. The number of para-hydroxylation sites is 1. The minimum Gasteiger partial charge on any atom is -0.496 e. The molecule has 14 heteroatoms. The van der Waals surface area contributed by atoms with Crippen LogP contribution in [0.25, 0.3) is 10.9 Å². The average Bonchev–Trinajstić information content (AvgIpc) is 3.99. The molecule has 1 saturated carbocycles. The number of aromatic nitrogens is 1. The van der Waals surface area contributed by atoms with Crippen molar-refractivity contribution in [2.24, 2.45) is 11.3 Å². The molecule has 2 aromatic carbocycles. The van der Waals surface area contributed by atoms with Gasteiger partial charge in [0.25, 0.3) is 0 Å². The molecule has 2 bridgehead atoms. The van der Waals surface area contributed by atoms with E-state index in [4.69, 9.17) is 23.8 Å². The van der Waals surface area contributed by atoms with Crippen LogP contribution in [-0.4, -0.2) is 144 Å². The fourth-order valence-corrected chi connectivity index (χ4v) is 16.0. The molecule has 7 heterocycles. The van der Waals surface area contributed by atoms with Crippen LogP contribution >= 0.6 is 0 Å². The minimum absolute atomic E-state index is 0.0282. The Hall–Kier alpha value is -4.47. The molecule has 2 N–H and O–H groups in total. The second kappa shape index (κ2) is 16.5. The van der Waals surface area contributed by atoms with E-state index in [1.165, 1.54) is 21.1 Å². The summed E-state index contributed by atoms with van der Waals surface area (Å²) < 4.78 is 24.5. The van der Waals surface area contributed by atoms with Crippen molar-refractivity contribution in [2.75, 3.05) is 66.0 Å². The molecular formula is C55H75N5O9. The summed E-state index contributed by atoms with van der Waals surface area (Å²) in [6, 6.07) is 11.3. The number of fused-ring (bicyclic) bond motifs is 6. The van der Waals surface area contributed by atoms with Crippen molar-refractivity contribution in [1.29, 1.82) is 0 Å². The molecule has 374 valence electrons. The number of piperidine rings is 2. The number of H-pyrrole nitrogens is 1. The molecule has 10 rings (SSSR count). The Bertz CT molecular complexity index is 2570. The molecule has 4 fully saturated rings. The zero-order valence-corrected chi connectivity index (χ0v) is 42.8. The van der Waals surface area contributed by atoms with Crippen LogP contribution in [-0.2, 0) is 50.7 Å². The number of benzene rings is 2. The molecule has 6 aliphatic heterocycles. The minimum atomic E-state index is -2.30. The van der Waals surface area contributed by atoms with Gasteiger partial charge in [0.05, 0.1) is 27.4 Å². The SMILES string of the molecule is CC[C@]1(ON2C(C)(C)CCCC2(C)C)C[C@@H]2CN(CCc3c([nH]c4ccccc34)[C@@](C(=O)OC)(c3cc4c(cc3OC)N(C)[C@H]3[C@@](O)(C(=O)OC)[C@H](OC(C)=O)[C@]5(CC)C=CCN6CC[C@]43[C@@H]65)C2)C1. The number of ether oxygens (including phenoxy) is 4. The van der Waals surface area contributed by atoms with Crippen LogP contribution in [0.2, 0.25) is 0 Å². The number of hydroxylamine groups is 2. The molecule has 1 unspecified atom stereocenters. The summed E-state index contributed by atoms with van der Waals surface area (Å²) in [7, 11) is 6.30. The molecule has 1 aromatic heterocycles. The molecule has 10 atom stereocenters. The summed E-state index contributed by atoms with van der Waals surface area (Å²) >= 11 is 0. The van der Waals surface area contributed by atoms with Crippen LogP contribution < -0.4 is 9.64 Å². The van der Waals surface area contributed by atoms with Crippen molar-refractivity contribution < 1.29 is 43.3 Å². The number of esters is 3. The number of nitrogens with zero attached hydrogens (tertiary/aromatic N) is 4. The van der Waals surface area contributed by atoms with Gasteiger partial charge in [0.15, 0.2) is 6.10 Å². The van der Waals surface area contributed by atoms with E-state index < -0.39 is 57.5 Å². The predicted octanol–water partition coefficient (Wildman–Crippen LogP) is 6.97. The quantitative estimate of drug-likeness (QED) is 0.130. The van der Waals surface area contributed by atoms with Crippen molar-refractivity contribution >= 4 is 34.5 Å². The zero-order valence-electron chi connectivity index (χ0n) is 42.8. The number of nitrogens with one attached hydrogen (secondary N) is 1. The zero-order chi connectivity index (χ0) is 49.3. The number of likely N-dealkylation sites (N-methyl/N-ethyl adjacent to an activating group) is 1. The highest BCUT2D eigenvalue weighted by molar-refractivity contribution is 5.95. The third-order valence-corrected chi connectivity index (χ3v) is 18.5. The molecule has 1 aliphatic carbocycles. The Morgan fingerprint density at radius 3 is 2.28 bits per heavy atom. The Balaban J connectivity index is 1.22. The fourth-order valence-electron chi connectivity index (χ4n) is 16.0. The average molecular weight is 950 g/mol. The van der Waals surface area contributed by atoms with E-state index in [1.807, 2.05) is 31.0 Å². The predicted molar refractivity (Wildman–Crippen MR) is 263 cm³/mol. The Labute approximate surface area is 407 Å². The number of anilines is 1. The number of aromatic amines is 1. The van der Waals surface area contributed by atoms with Gasteiger partial charge in [0.2, 0.25) is 5.60 Å². The summed E-state index contributed by atoms with van der Waals surface area (Å²) in [4.78, 5) is 62.0. The summed E-state index contributed by atoms with van der Waals surface area (Å²) in [6.45, 7) is 18.5. The number of rotatable bonds is 9.